The summed E-state index contributed by atoms with van der Waals surface area (Å²) in [5, 5.41) is 23.9. The van der Waals surface area contributed by atoms with Gasteiger partial charge in [0.15, 0.2) is 0 Å². The van der Waals surface area contributed by atoms with Gasteiger partial charge in [-0.2, -0.15) is 0 Å². The Morgan fingerprint density at radius 1 is 1.40 bits per heavy atom. The second-order valence-electron chi connectivity index (χ2n) is 6.94. The number of aliphatic hydroxyl groups excluding tert-OH is 1. The molecule has 30 heavy (non-hydrogen) atoms. The molecule has 2 amide bonds. The Morgan fingerprint density at radius 2 is 2.17 bits per heavy atom. The van der Waals surface area contributed by atoms with Crippen molar-refractivity contribution in [2.45, 2.75) is 24.5 Å². The molecule has 0 aliphatic carbocycles. The van der Waals surface area contributed by atoms with Crippen LogP contribution in [0.4, 0.5) is 10.5 Å². The third kappa shape index (κ3) is 4.78. The second-order valence-corrected chi connectivity index (χ2v) is 7.66. The average molecular weight is 436 g/mol. The molecule has 1 fully saturated rings. The number of hydrogen-bond donors (Lipinski definition) is 3. The Hall–Kier alpha value is -2.53. The predicted octanol–water partition coefficient (Wildman–Crippen LogP) is 1.61. The smallest absolute Gasteiger partial charge is 0.342 e. The highest BCUT2D eigenvalue weighted by molar-refractivity contribution is 7.07. The van der Waals surface area contributed by atoms with Gasteiger partial charge in [0.1, 0.15) is 6.10 Å². The van der Waals surface area contributed by atoms with E-state index in [9.17, 15) is 19.8 Å². The van der Waals surface area contributed by atoms with Crippen LogP contribution in [-0.4, -0.2) is 66.7 Å². The van der Waals surface area contributed by atoms with Crippen molar-refractivity contribution >= 4 is 29.0 Å². The fraction of sp³-hybridized carbons (Fsp3) is 0.450. The van der Waals surface area contributed by atoms with Gasteiger partial charge in [0.25, 0.3) is 0 Å². The molecule has 3 N–H and O–H groups in total. The van der Waals surface area contributed by atoms with Gasteiger partial charge < -0.3 is 25.0 Å². The molecule has 2 atom stereocenters. The number of aliphatic carboxylic acids is 1. The van der Waals surface area contributed by atoms with E-state index in [1.165, 1.54) is 18.4 Å². The fourth-order valence-corrected chi connectivity index (χ4v) is 3.88. The summed E-state index contributed by atoms with van der Waals surface area (Å²) < 4.78 is 10.9. The lowest BCUT2D eigenvalue weighted by Gasteiger charge is -2.30. The van der Waals surface area contributed by atoms with Gasteiger partial charge in [-0.15, -0.1) is 11.3 Å². The van der Waals surface area contributed by atoms with Crippen LogP contribution in [0.5, 0.6) is 0 Å². The zero-order valence-corrected chi connectivity index (χ0v) is 17.4. The predicted molar refractivity (Wildman–Crippen MR) is 111 cm³/mol. The maximum Gasteiger partial charge on any atom is 0.342 e. The highest BCUT2D eigenvalue weighted by atomic mass is 32.1. The topological polar surface area (TPSA) is 121 Å². The van der Waals surface area contributed by atoms with Crippen LogP contribution in [0, 0.1) is 0 Å². The summed E-state index contributed by atoms with van der Waals surface area (Å²) in [6.07, 6.45) is 0.238. The molecule has 2 heterocycles. The standard InChI is InChI=1S/C20H25N3O6S/c1-28-16(10-24)11-29-20(18(25)26,17-12-30-13-22-17)9-14-3-5-15(6-4-14)23-8-2-7-21-19(23)27/h3-6,12-13,16,24H,2,7-11H2,1H3,(H,21,27)(H,25,26)/t16-,20?/m0/s1. The van der Waals surface area contributed by atoms with Crippen molar-refractivity contribution in [3.05, 3.63) is 46.4 Å². The van der Waals surface area contributed by atoms with E-state index in [0.29, 0.717) is 18.7 Å². The summed E-state index contributed by atoms with van der Waals surface area (Å²) >= 11 is 1.28. The van der Waals surface area contributed by atoms with E-state index in [1.54, 1.807) is 40.1 Å². The van der Waals surface area contributed by atoms with Gasteiger partial charge in [0.2, 0.25) is 5.60 Å². The van der Waals surface area contributed by atoms with Crippen molar-refractivity contribution in [3.8, 4) is 0 Å². The number of amides is 2. The summed E-state index contributed by atoms with van der Waals surface area (Å²) in [4.78, 5) is 30.2. The number of ether oxygens (including phenoxy) is 2. The Bertz CT molecular complexity index is 841. The molecule has 1 aliphatic heterocycles. The summed E-state index contributed by atoms with van der Waals surface area (Å²) in [7, 11) is 1.42. The number of carboxylic acids is 1. The number of carbonyl (C=O) groups is 2. The van der Waals surface area contributed by atoms with Crippen LogP contribution in [-0.2, 0) is 26.3 Å². The van der Waals surface area contributed by atoms with Gasteiger partial charge in [0.05, 0.1) is 24.4 Å². The van der Waals surface area contributed by atoms with Crippen molar-refractivity contribution in [2.75, 3.05) is 38.3 Å². The summed E-state index contributed by atoms with van der Waals surface area (Å²) in [5.74, 6) is -1.18. The number of hydrogen-bond acceptors (Lipinski definition) is 7. The number of carboxylic acid groups (broad SMARTS) is 1. The molecule has 0 saturated carbocycles. The van der Waals surface area contributed by atoms with Crippen molar-refractivity contribution < 1.29 is 29.3 Å². The van der Waals surface area contributed by atoms with Crippen LogP contribution in [0.25, 0.3) is 0 Å². The summed E-state index contributed by atoms with van der Waals surface area (Å²) in [5.41, 5.74) is 1.56. The molecule has 1 aromatic carbocycles. The van der Waals surface area contributed by atoms with Gasteiger partial charge in [-0.1, -0.05) is 12.1 Å². The first-order valence-corrected chi connectivity index (χ1v) is 10.5. The molecule has 3 rings (SSSR count). The zero-order chi connectivity index (χ0) is 21.6. The van der Waals surface area contributed by atoms with E-state index in [2.05, 4.69) is 10.3 Å². The van der Waals surface area contributed by atoms with E-state index in [0.717, 1.165) is 12.1 Å². The van der Waals surface area contributed by atoms with Gasteiger partial charge in [-0.3, -0.25) is 4.90 Å². The van der Waals surface area contributed by atoms with Crippen molar-refractivity contribution in [2.24, 2.45) is 0 Å². The molecule has 162 valence electrons. The van der Waals surface area contributed by atoms with Gasteiger partial charge in [0, 0.05) is 37.7 Å². The molecule has 1 saturated heterocycles. The third-order valence-corrected chi connectivity index (χ3v) is 5.61. The molecule has 9 nitrogen and oxygen atoms in total. The third-order valence-electron chi connectivity index (χ3n) is 5.03. The molecule has 10 heteroatoms. The Kier molecular flexibility index (Phi) is 7.38. The van der Waals surface area contributed by atoms with Crippen LogP contribution >= 0.6 is 11.3 Å². The number of thiazole rings is 1. The van der Waals surface area contributed by atoms with Crippen molar-refractivity contribution in [1.29, 1.82) is 0 Å². The SMILES string of the molecule is CO[C@@H](CO)COC(Cc1ccc(N2CCCNC2=O)cc1)(C(=O)O)c1cscn1. The van der Waals surface area contributed by atoms with Gasteiger partial charge >= 0.3 is 12.0 Å². The maximum atomic E-state index is 12.3. The zero-order valence-electron chi connectivity index (χ0n) is 16.6. The monoisotopic (exact) mass is 435 g/mol. The lowest BCUT2D eigenvalue weighted by atomic mass is 9.91. The number of rotatable bonds is 10. The first-order chi connectivity index (χ1) is 14.5. The Morgan fingerprint density at radius 3 is 2.73 bits per heavy atom. The lowest BCUT2D eigenvalue weighted by molar-refractivity contribution is -0.174. The fourth-order valence-electron chi connectivity index (χ4n) is 3.26. The highest BCUT2D eigenvalue weighted by Crippen LogP contribution is 2.32. The number of benzene rings is 1. The Labute approximate surface area is 178 Å². The molecule has 0 spiro atoms. The van der Waals surface area contributed by atoms with Crippen LogP contribution in [0.1, 0.15) is 17.7 Å². The van der Waals surface area contributed by atoms with Crippen molar-refractivity contribution in [1.82, 2.24) is 10.3 Å². The van der Waals surface area contributed by atoms with Crippen LogP contribution < -0.4 is 10.2 Å². The van der Waals surface area contributed by atoms with E-state index in [4.69, 9.17) is 9.47 Å². The minimum atomic E-state index is -1.73. The molecular formula is C20H25N3O6S. The number of aliphatic hydroxyl groups is 1. The first kappa shape index (κ1) is 22.2. The molecule has 2 aromatic rings. The number of aromatic nitrogens is 1. The number of nitrogens with one attached hydrogen (secondary N) is 1. The number of anilines is 1. The largest absolute Gasteiger partial charge is 0.479 e. The number of carbonyl (C=O) groups excluding carboxylic acids is 1. The number of urea groups is 1. The molecule has 1 aromatic heterocycles. The normalized spacial score (nSPS) is 17.3. The maximum absolute atomic E-state index is 12.3. The van der Waals surface area contributed by atoms with E-state index >= 15 is 0 Å². The minimum Gasteiger partial charge on any atom is -0.479 e. The molecule has 0 bridgehead atoms. The van der Waals surface area contributed by atoms with Gasteiger partial charge in [-0.05, 0) is 24.1 Å². The highest BCUT2D eigenvalue weighted by Gasteiger charge is 2.44. The molecule has 1 aliphatic rings. The van der Waals surface area contributed by atoms with Crippen LogP contribution in [0.15, 0.2) is 35.2 Å². The summed E-state index contributed by atoms with van der Waals surface area (Å²) in [6.45, 7) is 0.889. The second kappa shape index (κ2) is 9.98. The van der Waals surface area contributed by atoms with Gasteiger partial charge in [-0.25, -0.2) is 14.6 Å². The van der Waals surface area contributed by atoms with E-state index in [1.807, 2.05) is 0 Å². The quantitative estimate of drug-likeness (QED) is 0.518. The average Bonchev–Trinajstić information content (AvgIpc) is 3.30. The Balaban J connectivity index is 1.85. The first-order valence-electron chi connectivity index (χ1n) is 9.54. The van der Waals surface area contributed by atoms with E-state index in [-0.39, 0.29) is 31.4 Å². The minimum absolute atomic E-state index is 0.0282. The van der Waals surface area contributed by atoms with E-state index < -0.39 is 17.7 Å². The van der Waals surface area contributed by atoms with Crippen molar-refractivity contribution in [3.63, 3.8) is 0 Å². The molecule has 0 radical (unpaired) electrons. The lowest BCUT2D eigenvalue weighted by Crippen LogP contribution is -2.46. The molecule has 1 unspecified atom stereocenters. The summed E-state index contributed by atoms with van der Waals surface area (Å²) in [6, 6.07) is 7.00. The van der Waals surface area contributed by atoms with Crippen LogP contribution in [0.2, 0.25) is 0 Å². The van der Waals surface area contributed by atoms with Crippen LogP contribution in [0.3, 0.4) is 0 Å². The number of methoxy groups -OCH3 is 1. The number of nitrogens with zero attached hydrogens (tertiary/aromatic N) is 2. The molecular weight excluding hydrogens is 410 g/mol.